The Balaban J connectivity index is 5.74. The number of carbonyl (C=O) groups is 1. The molecule has 2 heteroatoms. The fourth-order valence-corrected chi connectivity index (χ4v) is 1.23. The van der Waals surface area contributed by atoms with Crippen LogP contribution in [0.3, 0.4) is 0 Å². The molecule has 0 rings (SSSR count). The summed E-state index contributed by atoms with van der Waals surface area (Å²) in [5.74, 6) is -0.0897. The second-order valence-electron chi connectivity index (χ2n) is 3.18. The fraction of sp³-hybridized carbons (Fsp3) is 0.133. The van der Waals surface area contributed by atoms with E-state index in [2.05, 4.69) is 13.2 Å². The van der Waals surface area contributed by atoms with E-state index in [4.69, 9.17) is 0 Å². The Kier molecular flexibility index (Phi) is 7.11. The molecular weight excluding hydrogens is 212 g/mol. The van der Waals surface area contributed by atoms with E-state index in [9.17, 15) is 9.90 Å². The van der Waals surface area contributed by atoms with Gasteiger partial charge in [0.05, 0.1) is 5.57 Å². The van der Waals surface area contributed by atoms with Crippen LogP contribution in [0, 0.1) is 0 Å². The lowest BCUT2D eigenvalue weighted by atomic mass is 10.0. The highest BCUT2D eigenvalue weighted by molar-refractivity contribution is 5.80. The van der Waals surface area contributed by atoms with Crippen LogP contribution in [0.5, 0.6) is 0 Å². The number of rotatable bonds is 6. The van der Waals surface area contributed by atoms with Gasteiger partial charge >= 0.3 is 0 Å². The number of hydrogen-bond donors (Lipinski definition) is 1. The van der Waals surface area contributed by atoms with Crippen LogP contribution in [-0.4, -0.2) is 11.4 Å². The number of hydrogen-bond acceptors (Lipinski definition) is 2. The average Bonchev–Trinajstić information content (AvgIpc) is 2.35. The lowest BCUT2D eigenvalue weighted by molar-refractivity contribution is -0.104. The summed E-state index contributed by atoms with van der Waals surface area (Å²) in [5.41, 5.74) is 1.42. The van der Waals surface area contributed by atoms with Crippen molar-refractivity contribution in [3.05, 3.63) is 72.1 Å². The third-order valence-corrected chi connectivity index (χ3v) is 2.17. The van der Waals surface area contributed by atoms with Crippen molar-refractivity contribution in [2.24, 2.45) is 0 Å². The number of aldehydes is 1. The lowest BCUT2D eigenvalue weighted by Crippen LogP contribution is -1.96. The van der Waals surface area contributed by atoms with Crippen molar-refractivity contribution in [2.75, 3.05) is 0 Å². The van der Waals surface area contributed by atoms with Crippen molar-refractivity contribution in [3.63, 3.8) is 0 Å². The number of aliphatic hydroxyl groups is 1. The summed E-state index contributed by atoms with van der Waals surface area (Å²) in [6, 6.07) is 0. The van der Waals surface area contributed by atoms with Crippen molar-refractivity contribution in [3.8, 4) is 0 Å². The van der Waals surface area contributed by atoms with E-state index < -0.39 is 0 Å². The first kappa shape index (κ1) is 14.9. The highest BCUT2D eigenvalue weighted by Gasteiger charge is 2.09. The second-order valence-corrected chi connectivity index (χ2v) is 3.18. The first-order valence-electron chi connectivity index (χ1n) is 5.29. The van der Waals surface area contributed by atoms with Gasteiger partial charge in [0.2, 0.25) is 0 Å². The van der Waals surface area contributed by atoms with Gasteiger partial charge in [-0.1, -0.05) is 49.6 Å². The van der Waals surface area contributed by atoms with Crippen LogP contribution >= 0.6 is 0 Å². The van der Waals surface area contributed by atoms with Gasteiger partial charge in [0.15, 0.2) is 6.29 Å². The Morgan fingerprint density at radius 1 is 1.12 bits per heavy atom. The summed E-state index contributed by atoms with van der Waals surface area (Å²) < 4.78 is 0. The Labute approximate surface area is 103 Å². The van der Waals surface area contributed by atoms with Gasteiger partial charge in [-0.2, -0.15) is 0 Å². The third kappa shape index (κ3) is 4.11. The van der Waals surface area contributed by atoms with Crippen LogP contribution in [0.15, 0.2) is 72.1 Å². The summed E-state index contributed by atoms with van der Waals surface area (Å²) in [4.78, 5) is 10.8. The normalized spacial score (nSPS) is 14.5. The van der Waals surface area contributed by atoms with Crippen LogP contribution in [-0.2, 0) is 4.79 Å². The largest absolute Gasteiger partial charge is 0.507 e. The molecule has 2 nitrogen and oxygen atoms in total. The zero-order chi connectivity index (χ0) is 13.3. The van der Waals surface area contributed by atoms with Crippen molar-refractivity contribution in [1.29, 1.82) is 0 Å². The minimum Gasteiger partial charge on any atom is -0.507 e. The molecule has 0 bridgehead atoms. The van der Waals surface area contributed by atoms with E-state index in [1.165, 1.54) is 6.08 Å². The molecule has 0 saturated carbocycles. The van der Waals surface area contributed by atoms with Gasteiger partial charge in [-0.25, -0.2) is 0 Å². The number of carbonyl (C=O) groups excluding carboxylic acids is 1. The predicted octanol–water partition coefficient (Wildman–Crippen LogP) is 3.82. The topological polar surface area (TPSA) is 37.3 Å². The Morgan fingerprint density at radius 2 is 1.76 bits per heavy atom. The summed E-state index contributed by atoms with van der Waals surface area (Å²) in [6.07, 6.45) is 10.7. The van der Waals surface area contributed by atoms with E-state index in [1.54, 1.807) is 25.2 Å². The quantitative estimate of drug-likeness (QED) is 0.326. The first-order valence-corrected chi connectivity index (χ1v) is 5.29. The van der Waals surface area contributed by atoms with Gasteiger partial charge in [-0.15, -0.1) is 0 Å². The Hall–Kier alpha value is -2.09. The first-order chi connectivity index (χ1) is 8.15. The SMILES string of the molecule is C=CC(=C(O)\C(C=O)=C/C)/C(C=C)=C/C=C\C. The predicted molar refractivity (Wildman–Crippen MR) is 72.8 cm³/mol. The fourth-order valence-electron chi connectivity index (χ4n) is 1.23. The average molecular weight is 230 g/mol. The smallest absolute Gasteiger partial charge is 0.153 e. The summed E-state index contributed by atoms with van der Waals surface area (Å²) >= 11 is 0. The highest BCUT2D eigenvalue weighted by Crippen LogP contribution is 2.20. The van der Waals surface area contributed by atoms with Gasteiger partial charge in [0.1, 0.15) is 5.76 Å². The molecule has 0 radical (unpaired) electrons. The molecule has 0 fully saturated rings. The molecule has 0 heterocycles. The van der Waals surface area contributed by atoms with Crippen LogP contribution in [0.4, 0.5) is 0 Å². The monoisotopic (exact) mass is 230 g/mol. The van der Waals surface area contributed by atoms with Crippen molar-refractivity contribution in [1.82, 2.24) is 0 Å². The maximum absolute atomic E-state index is 10.8. The molecule has 90 valence electrons. The Bertz CT molecular complexity index is 418. The molecule has 0 saturated heterocycles. The van der Waals surface area contributed by atoms with Crippen LogP contribution in [0.25, 0.3) is 0 Å². The maximum atomic E-state index is 10.8. The molecule has 0 amide bonds. The third-order valence-electron chi connectivity index (χ3n) is 2.17. The van der Waals surface area contributed by atoms with Gasteiger partial charge in [0.25, 0.3) is 0 Å². The van der Waals surface area contributed by atoms with Gasteiger partial charge in [0, 0.05) is 5.57 Å². The minimum absolute atomic E-state index is 0.0897. The number of allylic oxidation sites excluding steroid dienone is 9. The van der Waals surface area contributed by atoms with Gasteiger partial charge in [-0.05, 0) is 19.4 Å². The van der Waals surface area contributed by atoms with Crippen LogP contribution in [0.2, 0.25) is 0 Å². The van der Waals surface area contributed by atoms with Gasteiger partial charge in [-0.3, -0.25) is 4.79 Å². The van der Waals surface area contributed by atoms with Crippen molar-refractivity contribution in [2.45, 2.75) is 13.8 Å². The van der Waals surface area contributed by atoms with E-state index in [0.29, 0.717) is 17.4 Å². The molecule has 0 aliphatic carbocycles. The zero-order valence-electron chi connectivity index (χ0n) is 10.3. The maximum Gasteiger partial charge on any atom is 0.153 e. The zero-order valence-corrected chi connectivity index (χ0v) is 10.3. The molecule has 0 aromatic heterocycles. The molecule has 0 aliphatic heterocycles. The van der Waals surface area contributed by atoms with E-state index in [0.717, 1.165) is 0 Å². The van der Waals surface area contributed by atoms with Crippen LogP contribution < -0.4 is 0 Å². The van der Waals surface area contributed by atoms with Crippen LogP contribution in [0.1, 0.15) is 13.8 Å². The van der Waals surface area contributed by atoms with E-state index in [-0.39, 0.29) is 11.3 Å². The lowest BCUT2D eigenvalue weighted by Gasteiger charge is -2.07. The summed E-state index contributed by atoms with van der Waals surface area (Å²) in [5, 5.41) is 9.97. The minimum atomic E-state index is -0.0897. The highest BCUT2D eigenvalue weighted by atomic mass is 16.3. The molecule has 0 atom stereocenters. The molecule has 1 N–H and O–H groups in total. The molecule has 0 unspecified atom stereocenters. The van der Waals surface area contributed by atoms with Crippen molar-refractivity contribution >= 4 is 6.29 Å². The number of aliphatic hydroxyl groups excluding tert-OH is 1. The van der Waals surface area contributed by atoms with E-state index in [1.807, 2.05) is 19.1 Å². The molecule has 0 aromatic carbocycles. The molecule has 0 aliphatic rings. The summed E-state index contributed by atoms with van der Waals surface area (Å²) in [7, 11) is 0. The Morgan fingerprint density at radius 3 is 2.12 bits per heavy atom. The summed E-state index contributed by atoms with van der Waals surface area (Å²) in [6.45, 7) is 10.9. The molecule has 0 spiro atoms. The standard InChI is InChI=1S/C15H18O2/c1-5-9-10-12(6-2)14(8-4)15(17)13(7-3)11-16/h5-11,17H,2,4H2,1,3H3/b9-5-,12-10+,13-7-,15-14-. The van der Waals surface area contributed by atoms with E-state index >= 15 is 0 Å². The molecule has 0 aromatic rings. The molecule has 17 heavy (non-hydrogen) atoms. The second kappa shape index (κ2) is 8.11. The van der Waals surface area contributed by atoms with Crippen molar-refractivity contribution < 1.29 is 9.90 Å². The molecular formula is C15H18O2. The van der Waals surface area contributed by atoms with Gasteiger partial charge < -0.3 is 5.11 Å².